The number of ether oxygens (including phenoxy) is 1. The predicted molar refractivity (Wildman–Crippen MR) is 92.0 cm³/mol. The van der Waals surface area contributed by atoms with Crippen molar-refractivity contribution in [3.63, 3.8) is 0 Å². The Morgan fingerprint density at radius 3 is 2.38 bits per heavy atom. The zero-order valence-electron chi connectivity index (χ0n) is 13.9. The monoisotopic (exact) mass is 291 g/mol. The first-order valence-corrected chi connectivity index (χ1v) is 8.78. The van der Waals surface area contributed by atoms with E-state index in [1.54, 1.807) is 0 Å². The number of unbranched alkanes of at least 4 members (excludes halogenated alkanes) is 4. The summed E-state index contributed by atoms with van der Waals surface area (Å²) >= 11 is 0. The number of benzene rings is 1. The smallest absolute Gasteiger partial charge is 0.119 e. The van der Waals surface area contributed by atoms with E-state index in [0.717, 1.165) is 25.3 Å². The fourth-order valence-corrected chi connectivity index (χ4v) is 2.53. The summed E-state index contributed by atoms with van der Waals surface area (Å²) in [7, 11) is 0. The van der Waals surface area contributed by atoms with Gasteiger partial charge in [0.1, 0.15) is 5.75 Å². The predicted octanol–water partition coefficient (Wildman–Crippen LogP) is 5.18. The van der Waals surface area contributed by atoms with Gasteiger partial charge < -0.3 is 10.1 Å². The molecule has 0 amide bonds. The van der Waals surface area contributed by atoms with Crippen LogP contribution in [0.3, 0.4) is 0 Å². The standard InChI is InChI=1S/C19H33NO/c1-3-5-6-7-9-12-18(20-16-4-2)15-17-21-19-13-10-8-11-14-19/h8,10-11,13-14,18,20H,3-7,9,12,15-17H2,1-2H3. The van der Waals surface area contributed by atoms with Crippen molar-refractivity contribution in [3.05, 3.63) is 30.3 Å². The minimum Gasteiger partial charge on any atom is -0.494 e. The van der Waals surface area contributed by atoms with Crippen molar-refractivity contribution in [1.29, 1.82) is 0 Å². The van der Waals surface area contributed by atoms with Crippen LogP contribution < -0.4 is 10.1 Å². The van der Waals surface area contributed by atoms with Gasteiger partial charge in [0, 0.05) is 6.04 Å². The van der Waals surface area contributed by atoms with Gasteiger partial charge in [-0.2, -0.15) is 0 Å². The normalized spacial score (nSPS) is 12.3. The van der Waals surface area contributed by atoms with Gasteiger partial charge in [-0.3, -0.25) is 0 Å². The van der Waals surface area contributed by atoms with Gasteiger partial charge in [0.05, 0.1) is 6.61 Å². The average molecular weight is 291 g/mol. The lowest BCUT2D eigenvalue weighted by Gasteiger charge is -2.18. The number of nitrogens with one attached hydrogen (secondary N) is 1. The van der Waals surface area contributed by atoms with E-state index >= 15 is 0 Å². The summed E-state index contributed by atoms with van der Waals surface area (Å²) in [6.45, 7) is 6.42. The highest BCUT2D eigenvalue weighted by Crippen LogP contribution is 2.12. The van der Waals surface area contributed by atoms with Crippen LogP contribution >= 0.6 is 0 Å². The van der Waals surface area contributed by atoms with Gasteiger partial charge in [-0.1, -0.05) is 64.2 Å². The molecular weight excluding hydrogens is 258 g/mol. The Bertz CT molecular complexity index is 326. The van der Waals surface area contributed by atoms with Crippen LogP contribution in [0.15, 0.2) is 30.3 Å². The fraction of sp³-hybridized carbons (Fsp3) is 0.684. The van der Waals surface area contributed by atoms with E-state index in [1.807, 2.05) is 30.3 Å². The molecule has 0 bridgehead atoms. The fourth-order valence-electron chi connectivity index (χ4n) is 2.53. The maximum atomic E-state index is 5.82. The van der Waals surface area contributed by atoms with E-state index in [2.05, 4.69) is 19.2 Å². The van der Waals surface area contributed by atoms with Crippen LogP contribution in [0.1, 0.15) is 65.2 Å². The molecule has 21 heavy (non-hydrogen) atoms. The molecule has 1 atom stereocenters. The minimum absolute atomic E-state index is 0.607. The van der Waals surface area contributed by atoms with Crippen LogP contribution in [-0.4, -0.2) is 19.2 Å². The van der Waals surface area contributed by atoms with Crippen LogP contribution in [-0.2, 0) is 0 Å². The zero-order chi connectivity index (χ0) is 15.2. The molecule has 0 saturated heterocycles. The van der Waals surface area contributed by atoms with Crippen molar-refractivity contribution < 1.29 is 4.74 Å². The van der Waals surface area contributed by atoms with Gasteiger partial charge in [-0.05, 0) is 37.9 Å². The van der Waals surface area contributed by atoms with Gasteiger partial charge in [0.25, 0.3) is 0 Å². The summed E-state index contributed by atoms with van der Waals surface area (Å²) in [5, 5.41) is 3.67. The van der Waals surface area contributed by atoms with Crippen molar-refractivity contribution in [3.8, 4) is 5.75 Å². The number of rotatable bonds is 13. The Morgan fingerprint density at radius 2 is 1.67 bits per heavy atom. The second-order valence-corrected chi connectivity index (χ2v) is 5.80. The molecule has 0 aliphatic carbocycles. The van der Waals surface area contributed by atoms with Gasteiger partial charge in [-0.15, -0.1) is 0 Å². The largest absolute Gasteiger partial charge is 0.494 e. The van der Waals surface area contributed by atoms with Gasteiger partial charge >= 0.3 is 0 Å². The number of para-hydroxylation sites is 1. The van der Waals surface area contributed by atoms with Crippen molar-refractivity contribution in [2.24, 2.45) is 0 Å². The minimum atomic E-state index is 0.607. The lowest BCUT2D eigenvalue weighted by Crippen LogP contribution is -2.31. The van der Waals surface area contributed by atoms with Crippen molar-refractivity contribution in [2.45, 2.75) is 71.3 Å². The molecule has 0 radical (unpaired) electrons. The quantitative estimate of drug-likeness (QED) is 0.505. The molecule has 2 nitrogen and oxygen atoms in total. The molecule has 0 saturated carbocycles. The maximum absolute atomic E-state index is 5.82. The Labute approximate surface area is 131 Å². The Balaban J connectivity index is 2.18. The van der Waals surface area contributed by atoms with E-state index in [1.165, 1.54) is 44.9 Å². The molecule has 0 fully saturated rings. The van der Waals surface area contributed by atoms with Crippen molar-refractivity contribution in [1.82, 2.24) is 5.32 Å². The molecule has 1 aromatic rings. The van der Waals surface area contributed by atoms with Gasteiger partial charge in [0.2, 0.25) is 0 Å². The second-order valence-electron chi connectivity index (χ2n) is 5.80. The molecule has 0 aromatic heterocycles. The molecule has 2 heteroatoms. The van der Waals surface area contributed by atoms with Crippen LogP contribution in [0.25, 0.3) is 0 Å². The molecule has 1 N–H and O–H groups in total. The number of hydrogen-bond acceptors (Lipinski definition) is 2. The highest BCUT2D eigenvalue weighted by molar-refractivity contribution is 5.20. The molecule has 1 unspecified atom stereocenters. The second kappa shape index (κ2) is 12.7. The third-order valence-corrected chi connectivity index (χ3v) is 3.82. The molecule has 1 rings (SSSR count). The Hall–Kier alpha value is -1.02. The lowest BCUT2D eigenvalue weighted by molar-refractivity contribution is 0.278. The molecule has 0 heterocycles. The first kappa shape index (κ1) is 18.0. The molecule has 1 aromatic carbocycles. The molecule has 0 spiro atoms. The summed E-state index contributed by atoms with van der Waals surface area (Å²) in [5.41, 5.74) is 0. The third kappa shape index (κ3) is 9.52. The number of hydrogen-bond donors (Lipinski definition) is 1. The summed E-state index contributed by atoms with van der Waals surface area (Å²) in [5.74, 6) is 0.981. The zero-order valence-corrected chi connectivity index (χ0v) is 13.9. The van der Waals surface area contributed by atoms with E-state index in [0.29, 0.717) is 6.04 Å². The maximum Gasteiger partial charge on any atom is 0.119 e. The van der Waals surface area contributed by atoms with E-state index in [-0.39, 0.29) is 0 Å². The lowest BCUT2D eigenvalue weighted by atomic mass is 10.0. The Kier molecular flexibility index (Phi) is 10.9. The van der Waals surface area contributed by atoms with Crippen molar-refractivity contribution in [2.75, 3.05) is 13.2 Å². The first-order chi connectivity index (χ1) is 10.4. The highest BCUT2D eigenvalue weighted by atomic mass is 16.5. The van der Waals surface area contributed by atoms with Crippen LogP contribution in [0.5, 0.6) is 5.75 Å². The van der Waals surface area contributed by atoms with Gasteiger partial charge in [-0.25, -0.2) is 0 Å². The molecular formula is C19H33NO. The van der Waals surface area contributed by atoms with E-state index in [4.69, 9.17) is 4.74 Å². The summed E-state index contributed by atoms with van der Waals surface area (Å²) in [6.07, 6.45) is 10.4. The van der Waals surface area contributed by atoms with Crippen LogP contribution in [0.4, 0.5) is 0 Å². The molecule has 0 aliphatic rings. The highest BCUT2D eigenvalue weighted by Gasteiger charge is 2.07. The summed E-state index contributed by atoms with van der Waals surface area (Å²) in [6, 6.07) is 10.7. The van der Waals surface area contributed by atoms with E-state index < -0.39 is 0 Å². The van der Waals surface area contributed by atoms with Crippen molar-refractivity contribution >= 4 is 0 Å². The molecule has 120 valence electrons. The average Bonchev–Trinajstić information content (AvgIpc) is 2.52. The Morgan fingerprint density at radius 1 is 0.905 bits per heavy atom. The van der Waals surface area contributed by atoms with E-state index in [9.17, 15) is 0 Å². The first-order valence-electron chi connectivity index (χ1n) is 8.78. The van der Waals surface area contributed by atoms with Gasteiger partial charge in [0.15, 0.2) is 0 Å². The topological polar surface area (TPSA) is 21.3 Å². The van der Waals surface area contributed by atoms with Crippen LogP contribution in [0.2, 0.25) is 0 Å². The summed E-state index contributed by atoms with van der Waals surface area (Å²) < 4.78 is 5.82. The summed E-state index contributed by atoms with van der Waals surface area (Å²) in [4.78, 5) is 0. The third-order valence-electron chi connectivity index (χ3n) is 3.82. The SMILES string of the molecule is CCCCCCCC(CCOc1ccccc1)NCCC. The molecule has 0 aliphatic heterocycles. The van der Waals surface area contributed by atoms with Crippen LogP contribution in [0, 0.1) is 0 Å².